The SMILES string of the molecule is CCN(C)c1ccc(CN2CCC[C@H](C(=O)Nc3ccc(Cl)cn3)C2)cn1. The minimum atomic E-state index is -0.0327. The van der Waals surface area contributed by atoms with Gasteiger partial charge in [0, 0.05) is 39.1 Å². The van der Waals surface area contributed by atoms with Crippen LogP contribution in [0, 0.1) is 5.92 Å². The summed E-state index contributed by atoms with van der Waals surface area (Å²) >= 11 is 5.84. The van der Waals surface area contributed by atoms with Crippen LogP contribution in [0.25, 0.3) is 0 Å². The minimum absolute atomic E-state index is 0.0209. The lowest BCUT2D eigenvalue weighted by atomic mass is 9.96. The number of anilines is 2. The number of carbonyl (C=O) groups excluding carboxylic acids is 1. The quantitative estimate of drug-likeness (QED) is 0.822. The number of halogens is 1. The van der Waals surface area contributed by atoms with Crippen molar-refractivity contribution in [2.75, 3.05) is 36.9 Å². The van der Waals surface area contributed by atoms with Gasteiger partial charge in [-0.1, -0.05) is 17.7 Å². The van der Waals surface area contributed by atoms with Crippen LogP contribution in [-0.4, -0.2) is 47.5 Å². The van der Waals surface area contributed by atoms with Gasteiger partial charge in [-0.15, -0.1) is 0 Å². The number of nitrogens with zero attached hydrogens (tertiary/aromatic N) is 4. The van der Waals surface area contributed by atoms with Crippen LogP contribution in [0.15, 0.2) is 36.7 Å². The third-order valence-corrected chi connectivity index (χ3v) is 5.16. The van der Waals surface area contributed by atoms with Crippen molar-refractivity contribution in [2.45, 2.75) is 26.3 Å². The Labute approximate surface area is 165 Å². The smallest absolute Gasteiger partial charge is 0.229 e. The second-order valence-electron chi connectivity index (χ2n) is 6.96. The lowest BCUT2D eigenvalue weighted by Crippen LogP contribution is -2.40. The maximum absolute atomic E-state index is 12.6. The Hall–Kier alpha value is -2.18. The van der Waals surface area contributed by atoms with E-state index in [1.54, 1.807) is 12.1 Å². The first-order valence-electron chi connectivity index (χ1n) is 9.36. The largest absolute Gasteiger partial charge is 0.360 e. The van der Waals surface area contributed by atoms with Crippen molar-refractivity contribution in [2.24, 2.45) is 5.92 Å². The molecule has 3 rings (SSSR count). The van der Waals surface area contributed by atoms with Crippen molar-refractivity contribution in [1.29, 1.82) is 0 Å². The highest BCUT2D eigenvalue weighted by atomic mass is 35.5. The van der Waals surface area contributed by atoms with Gasteiger partial charge in [-0.25, -0.2) is 9.97 Å². The van der Waals surface area contributed by atoms with Crippen LogP contribution in [0.5, 0.6) is 0 Å². The van der Waals surface area contributed by atoms with Gasteiger partial charge in [0.1, 0.15) is 11.6 Å². The van der Waals surface area contributed by atoms with Gasteiger partial charge < -0.3 is 10.2 Å². The van der Waals surface area contributed by atoms with Crippen LogP contribution in [-0.2, 0) is 11.3 Å². The molecular weight excluding hydrogens is 362 g/mol. The molecule has 0 unspecified atom stereocenters. The van der Waals surface area contributed by atoms with Gasteiger partial charge in [-0.2, -0.15) is 0 Å². The lowest BCUT2D eigenvalue weighted by molar-refractivity contribution is -0.121. The van der Waals surface area contributed by atoms with Crippen LogP contribution in [0.4, 0.5) is 11.6 Å². The molecule has 27 heavy (non-hydrogen) atoms. The van der Waals surface area contributed by atoms with E-state index in [1.807, 2.05) is 13.2 Å². The van der Waals surface area contributed by atoms with Gasteiger partial charge in [-0.3, -0.25) is 9.69 Å². The summed E-state index contributed by atoms with van der Waals surface area (Å²) in [7, 11) is 2.03. The van der Waals surface area contributed by atoms with Crippen molar-refractivity contribution in [1.82, 2.24) is 14.9 Å². The van der Waals surface area contributed by atoms with Crippen molar-refractivity contribution >= 4 is 29.1 Å². The lowest BCUT2D eigenvalue weighted by Gasteiger charge is -2.32. The fraction of sp³-hybridized carbons (Fsp3) is 0.450. The Morgan fingerprint density at radius 2 is 2.15 bits per heavy atom. The molecule has 3 heterocycles. The van der Waals surface area contributed by atoms with Crippen molar-refractivity contribution in [3.63, 3.8) is 0 Å². The summed E-state index contributed by atoms with van der Waals surface area (Å²) in [6.45, 7) is 5.59. The highest BCUT2D eigenvalue weighted by Crippen LogP contribution is 2.21. The molecule has 1 aliphatic heterocycles. The minimum Gasteiger partial charge on any atom is -0.360 e. The normalized spacial score (nSPS) is 17.5. The number of aromatic nitrogens is 2. The number of likely N-dealkylation sites (tertiary alicyclic amines) is 1. The molecule has 0 radical (unpaired) electrons. The molecule has 0 saturated carbocycles. The molecule has 2 aromatic heterocycles. The van der Waals surface area contributed by atoms with Crippen LogP contribution in [0.1, 0.15) is 25.3 Å². The van der Waals surface area contributed by atoms with Gasteiger partial charge in [0.2, 0.25) is 5.91 Å². The Kier molecular flexibility index (Phi) is 6.63. The van der Waals surface area contributed by atoms with Crippen molar-refractivity contribution < 1.29 is 4.79 Å². The van der Waals surface area contributed by atoms with Gasteiger partial charge in [0.15, 0.2) is 0 Å². The molecular formula is C20H26ClN5O. The summed E-state index contributed by atoms with van der Waals surface area (Å²) in [5, 5.41) is 3.45. The molecule has 144 valence electrons. The summed E-state index contributed by atoms with van der Waals surface area (Å²) in [6.07, 6.45) is 5.38. The predicted octanol–water partition coefficient (Wildman–Crippen LogP) is 3.44. The molecule has 6 nitrogen and oxygen atoms in total. The Bertz CT molecular complexity index is 750. The zero-order chi connectivity index (χ0) is 19.2. The maximum atomic E-state index is 12.6. The van der Waals surface area contributed by atoms with Crippen LogP contribution in [0.3, 0.4) is 0 Å². The molecule has 1 amide bonds. The number of hydrogen-bond acceptors (Lipinski definition) is 5. The summed E-state index contributed by atoms with van der Waals surface area (Å²) in [6, 6.07) is 7.63. The van der Waals surface area contributed by atoms with E-state index in [0.717, 1.165) is 44.8 Å². The van der Waals surface area contributed by atoms with Crippen molar-refractivity contribution in [3.05, 3.63) is 47.2 Å². The van der Waals surface area contributed by atoms with Crippen LogP contribution in [0.2, 0.25) is 5.02 Å². The van der Waals surface area contributed by atoms with E-state index in [0.29, 0.717) is 10.8 Å². The summed E-state index contributed by atoms with van der Waals surface area (Å²) in [4.78, 5) is 25.7. The highest BCUT2D eigenvalue weighted by molar-refractivity contribution is 6.30. The van der Waals surface area contributed by atoms with Gasteiger partial charge in [0.05, 0.1) is 10.9 Å². The molecule has 0 aliphatic carbocycles. The molecule has 7 heteroatoms. The monoisotopic (exact) mass is 387 g/mol. The average molecular weight is 388 g/mol. The van der Waals surface area contributed by atoms with E-state index in [2.05, 4.69) is 44.1 Å². The zero-order valence-electron chi connectivity index (χ0n) is 15.9. The number of amides is 1. The molecule has 1 atom stereocenters. The van der Waals surface area contributed by atoms with Crippen LogP contribution < -0.4 is 10.2 Å². The molecule has 0 spiro atoms. The van der Waals surface area contributed by atoms with Gasteiger partial charge in [-0.05, 0) is 50.1 Å². The molecule has 1 fully saturated rings. The number of hydrogen-bond donors (Lipinski definition) is 1. The van der Waals surface area contributed by atoms with E-state index in [4.69, 9.17) is 11.6 Å². The molecule has 1 N–H and O–H groups in total. The van der Waals surface area contributed by atoms with Gasteiger partial charge in [0.25, 0.3) is 0 Å². The van der Waals surface area contributed by atoms with E-state index in [9.17, 15) is 4.79 Å². The fourth-order valence-electron chi connectivity index (χ4n) is 3.25. The standard InChI is InChI=1S/C20H26ClN5O/c1-3-25(2)19-9-6-15(11-23-19)13-26-10-4-5-16(14-26)20(27)24-18-8-7-17(21)12-22-18/h6-9,11-12,16H,3-5,10,13-14H2,1-2H3,(H,22,24,27)/t16-/m0/s1. The number of piperidine rings is 1. The number of carbonyl (C=O) groups is 1. The van der Waals surface area contributed by atoms with E-state index >= 15 is 0 Å². The van der Waals surface area contributed by atoms with E-state index in [-0.39, 0.29) is 11.8 Å². The van der Waals surface area contributed by atoms with E-state index < -0.39 is 0 Å². The molecule has 1 aliphatic rings. The molecule has 1 saturated heterocycles. The second kappa shape index (κ2) is 9.15. The summed E-state index contributed by atoms with van der Waals surface area (Å²) < 4.78 is 0. The van der Waals surface area contributed by atoms with Crippen molar-refractivity contribution in [3.8, 4) is 0 Å². The van der Waals surface area contributed by atoms with Gasteiger partial charge >= 0.3 is 0 Å². The fourth-order valence-corrected chi connectivity index (χ4v) is 3.36. The second-order valence-corrected chi connectivity index (χ2v) is 7.40. The Morgan fingerprint density at radius 1 is 1.30 bits per heavy atom. The first-order valence-corrected chi connectivity index (χ1v) is 9.73. The third kappa shape index (κ3) is 5.40. The summed E-state index contributed by atoms with van der Waals surface area (Å²) in [5.41, 5.74) is 1.17. The summed E-state index contributed by atoms with van der Waals surface area (Å²) in [5.74, 6) is 1.51. The topological polar surface area (TPSA) is 61.4 Å². The maximum Gasteiger partial charge on any atom is 0.229 e. The Morgan fingerprint density at radius 3 is 2.81 bits per heavy atom. The predicted molar refractivity (Wildman–Crippen MR) is 109 cm³/mol. The number of nitrogens with one attached hydrogen (secondary N) is 1. The average Bonchev–Trinajstić information content (AvgIpc) is 2.70. The first kappa shape index (κ1) is 19.6. The first-order chi connectivity index (χ1) is 13.0. The van der Waals surface area contributed by atoms with E-state index in [1.165, 1.54) is 11.8 Å². The number of rotatable bonds is 6. The zero-order valence-corrected chi connectivity index (χ0v) is 16.6. The highest BCUT2D eigenvalue weighted by Gasteiger charge is 2.26. The molecule has 2 aromatic rings. The number of pyridine rings is 2. The van der Waals surface area contributed by atoms with Crippen LogP contribution >= 0.6 is 11.6 Å². The third-order valence-electron chi connectivity index (χ3n) is 4.94. The molecule has 0 bridgehead atoms. The molecule has 0 aromatic carbocycles. The Balaban J connectivity index is 1.55.